The maximum Gasteiger partial charge on any atom is 0.0274 e. The molecule has 3 heteroatoms. The van der Waals surface area contributed by atoms with Crippen LogP contribution in [0.15, 0.2) is 6.07 Å². The molecule has 0 saturated carbocycles. The lowest BCUT2D eigenvalue weighted by Gasteiger charge is -2.19. The van der Waals surface area contributed by atoms with Gasteiger partial charge in [0.25, 0.3) is 0 Å². The minimum absolute atomic E-state index is 0.672. The molecular formula is C12H22N2S. The van der Waals surface area contributed by atoms with Crippen LogP contribution in [0.2, 0.25) is 0 Å². The fourth-order valence-electron chi connectivity index (χ4n) is 1.75. The summed E-state index contributed by atoms with van der Waals surface area (Å²) >= 11 is 1.83. The summed E-state index contributed by atoms with van der Waals surface area (Å²) in [6, 6.07) is 2.26. The molecule has 1 aromatic rings. The first kappa shape index (κ1) is 12.7. The molecule has 1 aromatic heterocycles. The number of hydrogen-bond donors (Lipinski definition) is 1. The molecule has 15 heavy (non-hydrogen) atoms. The molecule has 86 valence electrons. The first-order valence-corrected chi connectivity index (χ1v) is 6.53. The molecule has 0 aliphatic rings. The van der Waals surface area contributed by atoms with E-state index in [1.807, 2.05) is 11.3 Å². The van der Waals surface area contributed by atoms with Gasteiger partial charge in [-0.2, -0.15) is 0 Å². The summed E-state index contributed by atoms with van der Waals surface area (Å²) in [4.78, 5) is 5.20. The van der Waals surface area contributed by atoms with Crippen LogP contribution in [0.25, 0.3) is 0 Å². The Morgan fingerprint density at radius 3 is 2.60 bits per heavy atom. The van der Waals surface area contributed by atoms with Crippen LogP contribution in [0.5, 0.6) is 0 Å². The van der Waals surface area contributed by atoms with E-state index in [-0.39, 0.29) is 0 Å². The average molecular weight is 226 g/mol. The molecule has 0 saturated heterocycles. The van der Waals surface area contributed by atoms with Crippen LogP contribution in [0.3, 0.4) is 0 Å². The highest BCUT2D eigenvalue weighted by molar-refractivity contribution is 7.12. The lowest BCUT2D eigenvalue weighted by Crippen LogP contribution is -2.23. The topological polar surface area (TPSA) is 29.3 Å². The van der Waals surface area contributed by atoms with Gasteiger partial charge >= 0.3 is 0 Å². The SMILES string of the molecule is CCCN(CC)Cc1cc(CN)sc1C. The second-order valence-corrected chi connectivity index (χ2v) is 5.21. The third-order valence-corrected chi connectivity index (χ3v) is 3.77. The van der Waals surface area contributed by atoms with Crippen molar-refractivity contribution in [3.63, 3.8) is 0 Å². The summed E-state index contributed by atoms with van der Waals surface area (Å²) in [5.41, 5.74) is 7.11. The van der Waals surface area contributed by atoms with Crippen LogP contribution >= 0.6 is 11.3 Å². The van der Waals surface area contributed by atoms with Crippen molar-refractivity contribution in [2.45, 2.75) is 40.3 Å². The third kappa shape index (κ3) is 3.59. The number of rotatable bonds is 6. The zero-order valence-electron chi connectivity index (χ0n) is 10.0. The molecule has 0 fully saturated rings. The Bertz CT molecular complexity index is 294. The standard InChI is InChI=1S/C12H22N2S/c1-4-6-14(5-2)9-11-7-12(8-13)15-10(11)3/h7H,4-6,8-9,13H2,1-3H3. The molecule has 0 radical (unpaired) electrons. The van der Waals surface area contributed by atoms with E-state index in [1.54, 1.807) is 0 Å². The first-order valence-electron chi connectivity index (χ1n) is 5.71. The average Bonchev–Trinajstić information content (AvgIpc) is 2.59. The molecule has 2 N–H and O–H groups in total. The van der Waals surface area contributed by atoms with E-state index in [9.17, 15) is 0 Å². The summed E-state index contributed by atoms with van der Waals surface area (Å²) in [6.45, 7) is 10.7. The zero-order chi connectivity index (χ0) is 11.3. The van der Waals surface area contributed by atoms with Gasteiger partial charge in [-0.3, -0.25) is 4.90 Å². The van der Waals surface area contributed by atoms with Gasteiger partial charge in [0, 0.05) is 22.8 Å². The van der Waals surface area contributed by atoms with Crippen LogP contribution in [-0.4, -0.2) is 18.0 Å². The largest absolute Gasteiger partial charge is 0.326 e. The molecule has 0 aliphatic heterocycles. The summed E-state index contributed by atoms with van der Waals surface area (Å²) in [7, 11) is 0. The van der Waals surface area contributed by atoms with Crippen molar-refractivity contribution < 1.29 is 0 Å². The molecule has 0 aromatic carbocycles. The third-order valence-electron chi connectivity index (χ3n) is 2.65. The molecule has 0 amide bonds. The quantitative estimate of drug-likeness (QED) is 0.808. The van der Waals surface area contributed by atoms with Crippen molar-refractivity contribution in [3.8, 4) is 0 Å². The van der Waals surface area contributed by atoms with Crippen molar-refractivity contribution in [2.75, 3.05) is 13.1 Å². The van der Waals surface area contributed by atoms with Gasteiger partial charge in [0.15, 0.2) is 0 Å². The van der Waals surface area contributed by atoms with E-state index in [1.165, 1.54) is 28.3 Å². The van der Waals surface area contributed by atoms with Gasteiger partial charge in [0.2, 0.25) is 0 Å². The van der Waals surface area contributed by atoms with E-state index in [2.05, 4.69) is 31.7 Å². The van der Waals surface area contributed by atoms with Crippen LogP contribution < -0.4 is 5.73 Å². The number of nitrogens with two attached hydrogens (primary N) is 1. The summed E-state index contributed by atoms with van der Waals surface area (Å²) < 4.78 is 0. The number of nitrogens with zero attached hydrogens (tertiary/aromatic N) is 1. The van der Waals surface area contributed by atoms with Gasteiger partial charge in [-0.15, -0.1) is 11.3 Å². The molecule has 0 unspecified atom stereocenters. The Labute approximate surface area is 97.1 Å². The number of aryl methyl sites for hydroxylation is 1. The van der Waals surface area contributed by atoms with Gasteiger partial charge in [0.1, 0.15) is 0 Å². The Hall–Kier alpha value is -0.380. The van der Waals surface area contributed by atoms with Gasteiger partial charge < -0.3 is 5.73 Å². The molecule has 0 aliphatic carbocycles. The van der Waals surface area contributed by atoms with Crippen molar-refractivity contribution in [3.05, 3.63) is 21.4 Å². The summed E-state index contributed by atoms with van der Waals surface area (Å²) in [6.07, 6.45) is 1.22. The van der Waals surface area contributed by atoms with Crippen molar-refractivity contribution >= 4 is 11.3 Å². The minimum Gasteiger partial charge on any atom is -0.326 e. The minimum atomic E-state index is 0.672. The maximum atomic E-state index is 5.65. The smallest absolute Gasteiger partial charge is 0.0274 e. The lowest BCUT2D eigenvalue weighted by molar-refractivity contribution is 0.280. The predicted octanol–water partition coefficient (Wildman–Crippen LogP) is 2.75. The number of hydrogen-bond acceptors (Lipinski definition) is 3. The fraction of sp³-hybridized carbons (Fsp3) is 0.667. The van der Waals surface area contributed by atoms with Gasteiger partial charge in [-0.25, -0.2) is 0 Å². The Balaban J connectivity index is 2.65. The normalized spacial score (nSPS) is 11.3. The van der Waals surface area contributed by atoms with E-state index >= 15 is 0 Å². The Morgan fingerprint density at radius 2 is 2.13 bits per heavy atom. The molecule has 0 atom stereocenters. The van der Waals surface area contributed by atoms with E-state index in [0.29, 0.717) is 6.54 Å². The van der Waals surface area contributed by atoms with Crippen molar-refractivity contribution in [1.29, 1.82) is 0 Å². The second kappa shape index (κ2) is 6.26. The molecule has 0 bridgehead atoms. The Kier molecular flexibility index (Phi) is 5.29. The molecule has 0 spiro atoms. The number of thiophene rings is 1. The van der Waals surface area contributed by atoms with E-state index in [0.717, 1.165) is 13.1 Å². The zero-order valence-corrected chi connectivity index (χ0v) is 10.9. The maximum absolute atomic E-state index is 5.65. The monoisotopic (exact) mass is 226 g/mol. The van der Waals surface area contributed by atoms with Crippen LogP contribution in [0.4, 0.5) is 0 Å². The highest BCUT2D eigenvalue weighted by atomic mass is 32.1. The van der Waals surface area contributed by atoms with E-state index in [4.69, 9.17) is 5.73 Å². The molecule has 1 heterocycles. The Morgan fingerprint density at radius 1 is 1.40 bits per heavy atom. The first-order chi connectivity index (χ1) is 7.21. The van der Waals surface area contributed by atoms with E-state index < -0.39 is 0 Å². The van der Waals surface area contributed by atoms with Crippen molar-refractivity contribution in [1.82, 2.24) is 4.90 Å². The summed E-state index contributed by atoms with van der Waals surface area (Å²) in [5.74, 6) is 0. The fourth-order valence-corrected chi connectivity index (χ4v) is 2.68. The van der Waals surface area contributed by atoms with Crippen LogP contribution in [0.1, 0.15) is 35.6 Å². The van der Waals surface area contributed by atoms with Gasteiger partial charge in [-0.05, 0) is 38.1 Å². The predicted molar refractivity (Wildman–Crippen MR) is 68.2 cm³/mol. The lowest BCUT2D eigenvalue weighted by atomic mass is 10.2. The summed E-state index contributed by atoms with van der Waals surface area (Å²) in [5, 5.41) is 0. The van der Waals surface area contributed by atoms with Gasteiger partial charge in [-0.1, -0.05) is 13.8 Å². The molecular weight excluding hydrogens is 204 g/mol. The highest BCUT2D eigenvalue weighted by Gasteiger charge is 2.08. The van der Waals surface area contributed by atoms with Gasteiger partial charge in [0.05, 0.1) is 0 Å². The highest BCUT2D eigenvalue weighted by Crippen LogP contribution is 2.22. The van der Waals surface area contributed by atoms with Crippen LogP contribution in [-0.2, 0) is 13.1 Å². The second-order valence-electron chi connectivity index (χ2n) is 3.87. The van der Waals surface area contributed by atoms with Crippen molar-refractivity contribution in [2.24, 2.45) is 5.73 Å². The van der Waals surface area contributed by atoms with Crippen LogP contribution in [0, 0.1) is 6.92 Å². The molecule has 2 nitrogen and oxygen atoms in total. The molecule has 1 rings (SSSR count).